The van der Waals surface area contributed by atoms with Gasteiger partial charge in [-0.1, -0.05) is 0 Å². The average molecular weight is 519 g/mol. The van der Waals surface area contributed by atoms with E-state index >= 15 is 0 Å². The van der Waals surface area contributed by atoms with Gasteiger partial charge in [0, 0.05) is 52.4 Å². The predicted molar refractivity (Wildman–Crippen MR) is 126 cm³/mol. The Hall–Kier alpha value is -0.610. The van der Waals surface area contributed by atoms with Gasteiger partial charge in [-0.25, -0.2) is 0 Å². The molecule has 7 nitrogen and oxygen atoms in total. The molecule has 2 aliphatic heterocycles. The van der Waals surface area contributed by atoms with Gasteiger partial charge in [0.1, 0.15) is 0 Å². The molecule has 0 spiro atoms. The Labute approximate surface area is 192 Å². The molecule has 0 aromatic rings. The van der Waals surface area contributed by atoms with Crippen LogP contribution in [0.25, 0.3) is 0 Å². The molecule has 0 atom stereocenters. The van der Waals surface area contributed by atoms with Crippen LogP contribution in [0.2, 0.25) is 0 Å². The zero-order valence-electron chi connectivity index (χ0n) is 17.9. The maximum Gasteiger partial charge on any atom is 0.236 e. The fourth-order valence-corrected chi connectivity index (χ4v) is 4.57. The number of nitrogens with zero attached hydrogens (tertiary/aromatic N) is 4. The van der Waals surface area contributed by atoms with E-state index in [0.717, 1.165) is 76.1 Å². The number of carbonyl (C=O) groups excluding carboxylic acids is 1. The van der Waals surface area contributed by atoms with Crippen molar-refractivity contribution < 1.29 is 9.53 Å². The number of nitrogens with one attached hydrogen (secondary N) is 1. The Morgan fingerprint density at radius 1 is 1.00 bits per heavy atom. The molecule has 0 unspecified atom stereocenters. The van der Waals surface area contributed by atoms with E-state index in [1.54, 1.807) is 0 Å². The molecule has 2 saturated heterocycles. The number of carbonyl (C=O) groups is 1. The van der Waals surface area contributed by atoms with E-state index in [9.17, 15) is 4.79 Å². The SMILES string of the molecule is CCNC(=NCC(C1CC1)C1CC1)N1CCN(CC(=O)N2CCOCC2)CC1.I. The van der Waals surface area contributed by atoms with Crippen LogP contribution in [0.1, 0.15) is 32.6 Å². The second-order valence-corrected chi connectivity index (χ2v) is 8.79. The van der Waals surface area contributed by atoms with Crippen molar-refractivity contribution in [2.45, 2.75) is 32.6 Å². The third-order valence-electron chi connectivity index (χ3n) is 6.64. The number of hydrogen-bond acceptors (Lipinski definition) is 4. The molecule has 0 aromatic carbocycles. The zero-order valence-corrected chi connectivity index (χ0v) is 20.2. The van der Waals surface area contributed by atoms with Crippen molar-refractivity contribution in [2.24, 2.45) is 22.7 Å². The second-order valence-electron chi connectivity index (χ2n) is 8.79. The molecule has 166 valence electrons. The van der Waals surface area contributed by atoms with Gasteiger partial charge in [0.2, 0.25) is 5.91 Å². The predicted octanol–water partition coefficient (Wildman–Crippen LogP) is 1.48. The summed E-state index contributed by atoms with van der Waals surface area (Å²) >= 11 is 0. The summed E-state index contributed by atoms with van der Waals surface area (Å²) < 4.78 is 5.35. The second kappa shape index (κ2) is 11.1. The third-order valence-corrected chi connectivity index (χ3v) is 6.64. The number of guanidine groups is 1. The molecule has 0 radical (unpaired) electrons. The highest BCUT2D eigenvalue weighted by atomic mass is 127. The lowest BCUT2D eigenvalue weighted by Crippen LogP contribution is -2.55. The van der Waals surface area contributed by atoms with Crippen LogP contribution in [-0.2, 0) is 9.53 Å². The molecule has 4 rings (SSSR count). The molecule has 1 amide bonds. The number of morpholine rings is 1. The number of halogens is 1. The molecule has 29 heavy (non-hydrogen) atoms. The average Bonchev–Trinajstić information content (AvgIpc) is 3.63. The van der Waals surface area contributed by atoms with Crippen molar-refractivity contribution >= 4 is 35.8 Å². The maximum absolute atomic E-state index is 12.5. The van der Waals surface area contributed by atoms with Gasteiger partial charge in [-0.15, -0.1) is 24.0 Å². The molecule has 4 aliphatic rings. The molecular formula is C21H38IN5O2. The molecule has 0 bridgehead atoms. The lowest BCUT2D eigenvalue weighted by molar-refractivity contribution is -0.136. The van der Waals surface area contributed by atoms with Gasteiger partial charge in [0.25, 0.3) is 0 Å². The van der Waals surface area contributed by atoms with Gasteiger partial charge < -0.3 is 19.9 Å². The Morgan fingerprint density at radius 3 is 2.17 bits per heavy atom. The summed E-state index contributed by atoms with van der Waals surface area (Å²) in [6, 6.07) is 0. The summed E-state index contributed by atoms with van der Waals surface area (Å²) in [5.74, 6) is 4.03. The number of aliphatic imine (C=N–C) groups is 1. The number of piperazine rings is 1. The van der Waals surface area contributed by atoms with E-state index in [0.29, 0.717) is 19.8 Å². The van der Waals surface area contributed by atoms with E-state index in [2.05, 4.69) is 22.0 Å². The Balaban J connectivity index is 0.00000240. The van der Waals surface area contributed by atoms with Crippen molar-refractivity contribution in [1.82, 2.24) is 20.0 Å². The molecule has 0 aromatic heterocycles. The lowest BCUT2D eigenvalue weighted by Gasteiger charge is -2.37. The Morgan fingerprint density at radius 2 is 1.62 bits per heavy atom. The van der Waals surface area contributed by atoms with Crippen molar-refractivity contribution in [2.75, 3.05) is 72.1 Å². The summed E-state index contributed by atoms with van der Waals surface area (Å²) in [5.41, 5.74) is 0. The van der Waals surface area contributed by atoms with Crippen molar-refractivity contribution in [3.8, 4) is 0 Å². The lowest BCUT2D eigenvalue weighted by atomic mass is 9.98. The summed E-state index contributed by atoms with van der Waals surface area (Å²) in [7, 11) is 0. The van der Waals surface area contributed by atoms with Crippen LogP contribution < -0.4 is 5.32 Å². The van der Waals surface area contributed by atoms with E-state index in [1.807, 2.05) is 4.90 Å². The summed E-state index contributed by atoms with van der Waals surface area (Å²) in [5, 5.41) is 3.50. The third kappa shape index (κ3) is 6.69. The Bertz CT molecular complexity index is 541. The largest absolute Gasteiger partial charge is 0.378 e. The number of amides is 1. The number of ether oxygens (including phenoxy) is 1. The number of rotatable bonds is 7. The minimum absolute atomic E-state index is 0. The van der Waals surface area contributed by atoms with E-state index < -0.39 is 0 Å². The first-order valence-electron chi connectivity index (χ1n) is 11.4. The normalized spacial score (nSPS) is 23.9. The van der Waals surface area contributed by atoms with Crippen LogP contribution in [0.5, 0.6) is 0 Å². The van der Waals surface area contributed by atoms with Gasteiger partial charge in [0.15, 0.2) is 5.96 Å². The first-order valence-corrected chi connectivity index (χ1v) is 11.4. The van der Waals surface area contributed by atoms with Crippen LogP contribution >= 0.6 is 24.0 Å². The summed E-state index contributed by atoms with van der Waals surface area (Å²) in [4.78, 5) is 24.1. The van der Waals surface area contributed by atoms with Crippen LogP contribution in [0, 0.1) is 17.8 Å². The van der Waals surface area contributed by atoms with E-state index in [4.69, 9.17) is 9.73 Å². The van der Waals surface area contributed by atoms with Crippen LogP contribution in [0.15, 0.2) is 4.99 Å². The smallest absolute Gasteiger partial charge is 0.236 e. The van der Waals surface area contributed by atoms with Gasteiger partial charge in [0.05, 0.1) is 19.8 Å². The van der Waals surface area contributed by atoms with E-state index in [-0.39, 0.29) is 29.9 Å². The van der Waals surface area contributed by atoms with Crippen LogP contribution in [-0.4, -0.2) is 98.7 Å². The van der Waals surface area contributed by atoms with Crippen LogP contribution in [0.3, 0.4) is 0 Å². The fourth-order valence-electron chi connectivity index (χ4n) is 4.57. The van der Waals surface area contributed by atoms with Crippen molar-refractivity contribution in [3.63, 3.8) is 0 Å². The molecule has 2 aliphatic carbocycles. The molecule has 8 heteroatoms. The molecular weight excluding hydrogens is 481 g/mol. The quantitative estimate of drug-likeness (QED) is 0.314. The highest BCUT2D eigenvalue weighted by molar-refractivity contribution is 14.0. The van der Waals surface area contributed by atoms with Gasteiger partial charge in [-0.2, -0.15) is 0 Å². The minimum Gasteiger partial charge on any atom is -0.378 e. The standard InChI is InChI=1S/C21H37N5O2.HI/c1-2-22-21(23-15-19(17-3-4-17)18-5-6-18)26-9-7-24(8-10-26)16-20(27)25-11-13-28-14-12-25;/h17-19H,2-16H2,1H3,(H,22,23);1H. The molecule has 2 saturated carbocycles. The monoisotopic (exact) mass is 519 g/mol. The topological polar surface area (TPSA) is 60.4 Å². The highest BCUT2D eigenvalue weighted by Gasteiger charge is 2.41. The number of hydrogen-bond donors (Lipinski definition) is 1. The van der Waals surface area contributed by atoms with Gasteiger partial charge in [-0.3, -0.25) is 14.7 Å². The molecule has 4 fully saturated rings. The van der Waals surface area contributed by atoms with E-state index in [1.165, 1.54) is 25.7 Å². The maximum atomic E-state index is 12.5. The van der Waals surface area contributed by atoms with Gasteiger partial charge in [-0.05, 0) is 50.4 Å². The first-order chi connectivity index (χ1) is 13.7. The molecule has 2 heterocycles. The first kappa shape index (κ1) is 23.1. The zero-order chi connectivity index (χ0) is 19.3. The Kier molecular flexibility index (Phi) is 8.85. The fraction of sp³-hybridized carbons (Fsp3) is 0.905. The summed E-state index contributed by atoms with van der Waals surface area (Å²) in [6.45, 7) is 11.1. The van der Waals surface area contributed by atoms with Crippen LogP contribution in [0.4, 0.5) is 0 Å². The summed E-state index contributed by atoms with van der Waals surface area (Å²) in [6.07, 6.45) is 5.68. The van der Waals surface area contributed by atoms with Crippen molar-refractivity contribution in [1.29, 1.82) is 0 Å². The van der Waals surface area contributed by atoms with Crippen molar-refractivity contribution in [3.05, 3.63) is 0 Å². The highest BCUT2D eigenvalue weighted by Crippen LogP contribution is 2.49. The minimum atomic E-state index is 0. The van der Waals surface area contributed by atoms with Gasteiger partial charge >= 0.3 is 0 Å². The molecule has 1 N–H and O–H groups in total.